The van der Waals surface area contributed by atoms with E-state index in [1.165, 1.54) is 27.6 Å². The van der Waals surface area contributed by atoms with Crippen molar-refractivity contribution >= 4 is 32.7 Å². The third-order valence-electron chi connectivity index (χ3n) is 9.30. The van der Waals surface area contributed by atoms with Gasteiger partial charge in [0.25, 0.3) is 0 Å². The summed E-state index contributed by atoms with van der Waals surface area (Å²) in [6.45, 7) is 0. The maximum atomic E-state index is 6.46. The van der Waals surface area contributed by atoms with Gasteiger partial charge in [-0.05, 0) is 68.4 Å². The number of furan rings is 1. The standard InChI is InChI=1S/C43H25N3O/c1-3-11-26(12-4-1)28-21-22-35-38(25-28)47-37-20-10-19-36(40(35)37)43-45-41(27-13-5-2-6-14-27)44-42(46-43)34-24-23-33-30-16-8-7-15-29(30)31-17-9-18-32(34)39(31)33/h1-25H. The topological polar surface area (TPSA) is 51.8 Å². The number of nitrogens with zero attached hydrogens (tertiary/aromatic N) is 3. The lowest BCUT2D eigenvalue weighted by molar-refractivity contribution is 0.669. The van der Waals surface area contributed by atoms with Crippen LogP contribution in [0.25, 0.3) is 100 Å². The van der Waals surface area contributed by atoms with Crippen molar-refractivity contribution in [1.82, 2.24) is 15.0 Å². The highest BCUT2D eigenvalue weighted by Crippen LogP contribution is 2.49. The molecule has 2 aromatic heterocycles. The van der Waals surface area contributed by atoms with Crippen molar-refractivity contribution in [1.29, 1.82) is 0 Å². The minimum absolute atomic E-state index is 0.612. The Bertz CT molecular complexity index is 2650. The average molecular weight is 600 g/mol. The molecule has 0 atom stereocenters. The van der Waals surface area contributed by atoms with Crippen molar-refractivity contribution in [3.8, 4) is 67.5 Å². The second-order valence-corrected chi connectivity index (χ2v) is 12.0. The van der Waals surface area contributed by atoms with Crippen LogP contribution in [0, 0.1) is 0 Å². The van der Waals surface area contributed by atoms with Gasteiger partial charge in [0.15, 0.2) is 17.5 Å². The van der Waals surface area contributed by atoms with Gasteiger partial charge in [-0.15, -0.1) is 0 Å². The summed E-state index contributed by atoms with van der Waals surface area (Å²) in [6.07, 6.45) is 0. The van der Waals surface area contributed by atoms with Gasteiger partial charge in [-0.25, -0.2) is 15.0 Å². The van der Waals surface area contributed by atoms with Crippen LogP contribution in [0.3, 0.4) is 0 Å². The Morgan fingerprint density at radius 1 is 0.319 bits per heavy atom. The summed E-state index contributed by atoms with van der Waals surface area (Å²) >= 11 is 0. The summed E-state index contributed by atoms with van der Waals surface area (Å²) in [5, 5.41) is 4.40. The van der Waals surface area contributed by atoms with E-state index in [4.69, 9.17) is 19.4 Å². The molecule has 0 amide bonds. The highest BCUT2D eigenvalue weighted by molar-refractivity contribution is 6.18. The fourth-order valence-corrected chi connectivity index (χ4v) is 7.16. The third-order valence-corrected chi connectivity index (χ3v) is 9.30. The van der Waals surface area contributed by atoms with E-state index in [1.54, 1.807) is 0 Å². The maximum absolute atomic E-state index is 6.46. The van der Waals surface area contributed by atoms with Gasteiger partial charge in [-0.2, -0.15) is 0 Å². The summed E-state index contributed by atoms with van der Waals surface area (Å²) in [5.74, 6) is 1.89. The van der Waals surface area contributed by atoms with Gasteiger partial charge >= 0.3 is 0 Å². The molecule has 7 aromatic carbocycles. The van der Waals surface area contributed by atoms with Crippen molar-refractivity contribution in [2.45, 2.75) is 0 Å². The lowest BCUT2D eigenvalue weighted by atomic mass is 9.98. The van der Waals surface area contributed by atoms with Crippen molar-refractivity contribution in [3.63, 3.8) is 0 Å². The molecule has 0 saturated carbocycles. The van der Waals surface area contributed by atoms with Crippen molar-refractivity contribution in [2.75, 3.05) is 0 Å². The normalized spacial score (nSPS) is 11.8. The first kappa shape index (κ1) is 25.9. The predicted molar refractivity (Wildman–Crippen MR) is 191 cm³/mol. The molecule has 0 radical (unpaired) electrons. The van der Waals surface area contributed by atoms with Crippen LogP contribution in [-0.2, 0) is 0 Å². The van der Waals surface area contributed by atoms with E-state index in [2.05, 4.69) is 103 Å². The van der Waals surface area contributed by atoms with Gasteiger partial charge < -0.3 is 4.42 Å². The number of aromatic nitrogens is 3. The molecule has 218 valence electrons. The molecule has 47 heavy (non-hydrogen) atoms. The van der Waals surface area contributed by atoms with Crippen molar-refractivity contribution in [3.05, 3.63) is 152 Å². The van der Waals surface area contributed by atoms with Gasteiger partial charge in [0.05, 0.1) is 0 Å². The molecule has 9 aromatic rings. The number of fused-ring (bicyclic) bond motifs is 6. The summed E-state index contributed by atoms with van der Waals surface area (Å²) in [6, 6.07) is 52.6. The van der Waals surface area contributed by atoms with E-state index in [0.29, 0.717) is 17.5 Å². The molecular formula is C43H25N3O. The molecule has 0 N–H and O–H groups in total. The Morgan fingerprint density at radius 3 is 1.70 bits per heavy atom. The molecule has 4 nitrogen and oxygen atoms in total. The molecule has 0 bridgehead atoms. The monoisotopic (exact) mass is 599 g/mol. The van der Waals surface area contributed by atoms with Crippen molar-refractivity contribution in [2.24, 2.45) is 0 Å². The van der Waals surface area contributed by atoms with Crippen LogP contribution in [-0.4, -0.2) is 15.0 Å². The second-order valence-electron chi connectivity index (χ2n) is 12.0. The van der Waals surface area contributed by atoms with Gasteiger partial charge in [0, 0.05) is 27.5 Å². The van der Waals surface area contributed by atoms with Crippen LogP contribution in [0.4, 0.5) is 0 Å². The minimum atomic E-state index is 0.612. The molecule has 10 rings (SSSR count). The number of rotatable bonds is 4. The van der Waals surface area contributed by atoms with E-state index in [9.17, 15) is 0 Å². The highest BCUT2D eigenvalue weighted by atomic mass is 16.3. The van der Waals surface area contributed by atoms with E-state index < -0.39 is 0 Å². The number of hydrogen-bond donors (Lipinski definition) is 0. The molecule has 0 unspecified atom stereocenters. The van der Waals surface area contributed by atoms with Gasteiger partial charge in [0.2, 0.25) is 0 Å². The number of hydrogen-bond acceptors (Lipinski definition) is 4. The van der Waals surface area contributed by atoms with Crippen LogP contribution < -0.4 is 0 Å². The average Bonchev–Trinajstić information content (AvgIpc) is 3.69. The molecule has 2 heterocycles. The van der Waals surface area contributed by atoms with Crippen LogP contribution in [0.5, 0.6) is 0 Å². The summed E-state index contributed by atoms with van der Waals surface area (Å²) in [5.41, 5.74) is 11.7. The minimum Gasteiger partial charge on any atom is -0.456 e. The lowest BCUT2D eigenvalue weighted by Crippen LogP contribution is -2.01. The fourth-order valence-electron chi connectivity index (χ4n) is 7.16. The van der Waals surface area contributed by atoms with Crippen LogP contribution in [0.1, 0.15) is 0 Å². The molecule has 0 aliphatic heterocycles. The quantitative estimate of drug-likeness (QED) is 0.202. The number of benzene rings is 7. The van der Waals surface area contributed by atoms with Gasteiger partial charge in [-0.1, -0.05) is 127 Å². The van der Waals surface area contributed by atoms with Crippen LogP contribution in [0.15, 0.2) is 156 Å². The molecule has 4 heteroatoms. The molecular weight excluding hydrogens is 574 g/mol. The molecule has 0 saturated heterocycles. The Kier molecular flexibility index (Phi) is 5.54. The Labute approximate surface area is 270 Å². The lowest BCUT2D eigenvalue weighted by Gasteiger charge is -2.12. The van der Waals surface area contributed by atoms with Crippen molar-refractivity contribution < 1.29 is 4.42 Å². The summed E-state index contributed by atoms with van der Waals surface area (Å²) in [7, 11) is 0. The Morgan fingerprint density at radius 2 is 0.915 bits per heavy atom. The van der Waals surface area contributed by atoms with E-state index >= 15 is 0 Å². The first-order valence-electron chi connectivity index (χ1n) is 15.8. The van der Waals surface area contributed by atoms with E-state index in [0.717, 1.165) is 55.1 Å². The van der Waals surface area contributed by atoms with Gasteiger partial charge in [-0.3, -0.25) is 0 Å². The Hall–Kier alpha value is -6.39. The smallest absolute Gasteiger partial charge is 0.164 e. The maximum Gasteiger partial charge on any atom is 0.164 e. The van der Waals surface area contributed by atoms with Crippen LogP contribution >= 0.6 is 0 Å². The highest BCUT2D eigenvalue weighted by Gasteiger charge is 2.24. The zero-order chi connectivity index (χ0) is 30.9. The molecule has 0 spiro atoms. The van der Waals surface area contributed by atoms with E-state index in [1.807, 2.05) is 48.5 Å². The SMILES string of the molecule is c1ccc(-c2ccc3c(c2)oc2cccc(-c4nc(-c5ccccc5)nc(-c5ccc6c7c(cccc57)-c5ccccc5-6)n4)c23)cc1. The first-order chi connectivity index (χ1) is 23.3. The zero-order valence-corrected chi connectivity index (χ0v) is 25.2. The summed E-state index contributed by atoms with van der Waals surface area (Å²) in [4.78, 5) is 15.4. The fraction of sp³-hybridized carbons (Fsp3) is 0. The third kappa shape index (κ3) is 3.98. The van der Waals surface area contributed by atoms with Gasteiger partial charge in [0.1, 0.15) is 11.2 Å². The predicted octanol–water partition coefficient (Wildman–Crippen LogP) is 11.2. The Balaban J connectivity index is 1.21. The first-order valence-corrected chi connectivity index (χ1v) is 15.8. The molecule has 1 aliphatic carbocycles. The van der Waals surface area contributed by atoms with E-state index in [-0.39, 0.29) is 0 Å². The largest absolute Gasteiger partial charge is 0.456 e. The van der Waals surface area contributed by atoms with Crippen LogP contribution in [0.2, 0.25) is 0 Å². The molecule has 1 aliphatic rings. The second kappa shape index (κ2) is 10.1. The zero-order valence-electron chi connectivity index (χ0n) is 25.2. The summed E-state index contributed by atoms with van der Waals surface area (Å²) < 4.78 is 6.46. The molecule has 0 fully saturated rings.